The van der Waals surface area contributed by atoms with Gasteiger partial charge in [-0.2, -0.15) is 0 Å². The molecule has 13 N–H and O–H groups in total. The maximum atomic E-state index is 14.1. The third-order valence-corrected chi connectivity index (χ3v) is 20.3. The summed E-state index contributed by atoms with van der Waals surface area (Å²) in [5.41, 5.74) is -0.905. The van der Waals surface area contributed by atoms with E-state index in [1.165, 1.54) is 23.6 Å². The Labute approximate surface area is 578 Å². The van der Waals surface area contributed by atoms with Crippen LogP contribution < -0.4 is 25.7 Å². The number of β-amino-alcohol motifs (C(OH)–C–C–N with tert-alkyl or cyclic N) is 1. The lowest BCUT2D eigenvalue weighted by Crippen LogP contribution is -2.64. The van der Waals surface area contributed by atoms with E-state index < -0.39 is 239 Å². The van der Waals surface area contributed by atoms with Crippen LogP contribution in [0.3, 0.4) is 0 Å². The van der Waals surface area contributed by atoms with E-state index in [4.69, 9.17) is 55.6 Å². The molecule has 6 saturated heterocycles. The van der Waals surface area contributed by atoms with Crippen LogP contribution in [0.15, 0.2) is 0 Å². The van der Waals surface area contributed by atoms with Crippen LogP contribution >= 0.6 is 23.9 Å². The van der Waals surface area contributed by atoms with Crippen molar-refractivity contribution in [2.75, 3.05) is 79.1 Å². The summed E-state index contributed by atoms with van der Waals surface area (Å²) >= 11 is 0. The second-order valence-corrected chi connectivity index (χ2v) is 30.0. The van der Waals surface area contributed by atoms with Crippen LogP contribution in [0.25, 0.3) is 0 Å². The summed E-state index contributed by atoms with van der Waals surface area (Å²) in [6.07, 6.45) is -20.9. The number of phosphoric ester groups is 2. The molecule has 18 unspecified atom stereocenters. The predicted octanol–water partition coefficient (Wildman–Crippen LogP) is -5.23. The fraction of sp³-hybridized carbons (Fsp3) is 0.897. The Bertz CT molecular complexity index is 2770. The normalized spacial score (nSPS) is 34.0. The molecular formula is C58H100N6O33P3-. The van der Waals surface area contributed by atoms with Crippen molar-refractivity contribution in [3.63, 3.8) is 0 Å². The lowest BCUT2D eigenvalue weighted by Gasteiger charge is -2.42. The van der Waals surface area contributed by atoms with Crippen molar-refractivity contribution in [3.05, 3.63) is 0 Å². The number of aliphatic hydroxyl groups excluding tert-OH is 10. The van der Waals surface area contributed by atoms with Crippen LogP contribution in [-0.4, -0.2) is 314 Å². The van der Waals surface area contributed by atoms with E-state index in [1.54, 1.807) is 20.8 Å². The highest BCUT2D eigenvalue weighted by atomic mass is 31.2. The quantitative estimate of drug-likeness (QED) is 0.0203. The zero-order chi connectivity index (χ0) is 74.0. The first kappa shape index (κ1) is 85.3. The zero-order valence-electron chi connectivity index (χ0n) is 56.6. The molecule has 0 saturated carbocycles. The lowest BCUT2D eigenvalue weighted by atomic mass is 9.97. The number of carbonyl (C=O) groups is 6. The van der Waals surface area contributed by atoms with E-state index in [2.05, 4.69) is 16.0 Å². The third-order valence-electron chi connectivity index (χ3n) is 17.2. The highest BCUT2D eigenvalue weighted by molar-refractivity contribution is 7.46. The van der Waals surface area contributed by atoms with Crippen molar-refractivity contribution in [1.82, 2.24) is 30.7 Å². The van der Waals surface area contributed by atoms with E-state index in [-0.39, 0.29) is 110 Å². The van der Waals surface area contributed by atoms with Crippen LogP contribution in [0.2, 0.25) is 0 Å². The molecule has 24 atom stereocenters. The number of hydrogen-bond donors (Lipinski definition) is 13. The molecule has 576 valence electrons. The fourth-order valence-corrected chi connectivity index (χ4v) is 15.0. The first-order chi connectivity index (χ1) is 47.0. The zero-order valence-corrected chi connectivity index (χ0v) is 59.3. The van der Waals surface area contributed by atoms with Gasteiger partial charge >= 0.3 is 8.25 Å². The largest absolute Gasteiger partial charge is 0.756 e. The number of ether oxygens (including phenoxy) is 6. The molecule has 6 heterocycles. The first-order valence-corrected chi connectivity index (χ1v) is 37.2. The summed E-state index contributed by atoms with van der Waals surface area (Å²) < 4.78 is 107. The molecule has 0 aromatic carbocycles. The third kappa shape index (κ3) is 25.9. The molecule has 6 amide bonds. The summed E-state index contributed by atoms with van der Waals surface area (Å²) in [7, 11) is -13.5. The van der Waals surface area contributed by atoms with E-state index >= 15 is 0 Å². The van der Waals surface area contributed by atoms with Crippen molar-refractivity contribution in [1.29, 1.82) is 0 Å². The van der Waals surface area contributed by atoms with Crippen LogP contribution in [-0.2, 0) is 98.0 Å². The van der Waals surface area contributed by atoms with Crippen LogP contribution in [0.4, 0.5) is 0 Å². The molecule has 39 nitrogen and oxygen atoms in total. The Morgan fingerprint density at radius 3 is 1.14 bits per heavy atom. The minimum absolute atomic E-state index is 0.0643. The SMILES string of the molecule is CC(=O)NC1C(OCCCCC(=O)N2C[C@H](O)C[C@H]2COP(=O)([O-])O[C@@H]2C[C@@H](COP(=O)([O-])O[C@@H]3C[C@@H](CO[P+](=O)OC(C)(C)C)N(C(=O)CCCCOC4OC(CO)C(O)C(O)C4NC(C)=O)C3)N(C(=O)CCCCOC3OC(CO)C(O)C(O)C3NC(C)=O)C2)OC(CO)C(O)C1O. The molecule has 6 aliphatic rings. The van der Waals surface area contributed by atoms with Gasteiger partial charge in [-0.3, -0.25) is 37.9 Å². The minimum atomic E-state index is -5.42. The fourth-order valence-electron chi connectivity index (χ4n) is 12.4. The Morgan fingerprint density at radius 2 is 0.820 bits per heavy atom. The second kappa shape index (κ2) is 39.7. The molecule has 0 bridgehead atoms. The molecular weight excluding hydrogens is 1400 g/mol. The number of phosphoric acid groups is 2. The van der Waals surface area contributed by atoms with Crippen molar-refractivity contribution < 1.29 is 159 Å². The first-order valence-electron chi connectivity index (χ1n) is 33.2. The lowest BCUT2D eigenvalue weighted by molar-refractivity contribution is -0.270. The monoisotopic (exact) mass is 1500 g/mol. The number of nitrogens with zero attached hydrogens (tertiary/aromatic N) is 3. The van der Waals surface area contributed by atoms with Gasteiger partial charge in [-0.05, 0) is 78.6 Å². The van der Waals surface area contributed by atoms with Crippen molar-refractivity contribution in [3.8, 4) is 0 Å². The maximum absolute atomic E-state index is 14.1. The molecule has 0 aliphatic carbocycles. The highest BCUT2D eigenvalue weighted by Crippen LogP contribution is 2.46. The van der Waals surface area contributed by atoms with Crippen molar-refractivity contribution in [2.45, 2.75) is 253 Å². The van der Waals surface area contributed by atoms with Gasteiger partial charge in [-0.25, -0.2) is 0 Å². The molecule has 6 aliphatic heterocycles. The van der Waals surface area contributed by atoms with Gasteiger partial charge in [0.05, 0.1) is 69.5 Å². The van der Waals surface area contributed by atoms with Crippen LogP contribution in [0.1, 0.15) is 119 Å². The number of aliphatic hydroxyl groups is 10. The highest BCUT2D eigenvalue weighted by Gasteiger charge is 2.49. The topological polar surface area (TPSA) is 559 Å². The summed E-state index contributed by atoms with van der Waals surface area (Å²) in [4.78, 5) is 108. The van der Waals surface area contributed by atoms with E-state index in [0.717, 1.165) is 11.8 Å². The molecule has 0 aromatic rings. The average Bonchev–Trinajstić information content (AvgIpc) is 1.27. The molecule has 0 spiro atoms. The van der Waals surface area contributed by atoms with Gasteiger partial charge in [0.1, 0.15) is 85.3 Å². The van der Waals surface area contributed by atoms with Crippen molar-refractivity contribution >= 4 is 59.3 Å². The molecule has 0 radical (unpaired) electrons. The Hall–Kier alpha value is -3.58. The number of likely N-dealkylation sites (tertiary alicyclic amines) is 3. The number of amides is 6. The van der Waals surface area contributed by atoms with Crippen LogP contribution in [0.5, 0.6) is 0 Å². The Balaban J connectivity index is 1.07. The Morgan fingerprint density at radius 1 is 0.500 bits per heavy atom. The van der Waals surface area contributed by atoms with Gasteiger partial charge in [-0.1, -0.05) is 0 Å². The maximum Gasteiger partial charge on any atom is 0.698 e. The number of carbonyl (C=O) groups excluding carboxylic acids is 6. The van der Waals surface area contributed by atoms with Gasteiger partial charge < -0.3 is 138 Å². The van der Waals surface area contributed by atoms with Gasteiger partial charge in [0.15, 0.2) is 18.9 Å². The smallest absolute Gasteiger partial charge is 0.698 e. The summed E-state index contributed by atoms with van der Waals surface area (Å²) in [5, 5.41) is 110. The summed E-state index contributed by atoms with van der Waals surface area (Å²) in [5.74, 6) is -3.36. The average molecular weight is 1500 g/mol. The minimum Gasteiger partial charge on any atom is -0.756 e. The van der Waals surface area contributed by atoms with E-state index in [9.17, 15) is 103 Å². The Kier molecular flexibility index (Phi) is 33.9. The predicted molar refractivity (Wildman–Crippen MR) is 333 cm³/mol. The second-order valence-electron chi connectivity index (χ2n) is 26.4. The molecule has 6 fully saturated rings. The van der Waals surface area contributed by atoms with Crippen molar-refractivity contribution in [2.24, 2.45) is 0 Å². The van der Waals surface area contributed by atoms with E-state index in [0.29, 0.717) is 0 Å². The number of nitrogens with one attached hydrogen (secondary N) is 3. The number of unbranched alkanes of at least 4 members (excludes halogenated alkanes) is 3. The number of hydrogen-bond acceptors (Lipinski definition) is 33. The van der Waals surface area contributed by atoms with E-state index in [1.807, 2.05) is 0 Å². The van der Waals surface area contributed by atoms with Gasteiger partial charge in [0.2, 0.25) is 35.4 Å². The van der Waals surface area contributed by atoms with Gasteiger partial charge in [0, 0.05) is 84.1 Å². The molecule has 100 heavy (non-hydrogen) atoms. The van der Waals surface area contributed by atoms with Gasteiger partial charge in [0.25, 0.3) is 15.6 Å². The number of rotatable bonds is 38. The molecule has 0 aromatic heterocycles. The standard InChI is InChI=1S/C58H101N6O33P3/c1-31(68)59-46-52(78)49(75)40(25-65)92-55(46)86-16-10-7-13-43(72)62-22-37(71)19-34(62)29-90-99(82,83)96-39-21-36(64(24-39)45(74)15-9-12-18-88-57-48(61-33(3)70)54(80)51(77)42(27-67)94-57)30-91-100(84,85)95-38-20-35(28-89-98(81)97-58(4,5)6)63(23-38)44(73)14-8-11-17-87-56-47(60-32(2)69)53(79)50(76)41(26-66)93-56/h34-42,46-57,65-67,71,75-80H,7-30H2,1-6H3,(H4-,59,60,61,68,69,70,82,83,84,85)/p-1/t34-,35-,36-,37+,38+,39+,40?,41?,42?,46?,47?,48?,49?,50?,51?,52?,53?,54?,55?,56?,57?/m0/s1. The molecule has 6 rings (SSSR count). The molecule has 42 heteroatoms. The summed E-state index contributed by atoms with van der Waals surface area (Å²) in [6, 6.07) is -6.76. The van der Waals surface area contributed by atoms with Gasteiger partial charge in [-0.15, -0.1) is 9.05 Å². The summed E-state index contributed by atoms with van der Waals surface area (Å²) in [6.45, 7) is 3.18. The van der Waals surface area contributed by atoms with Crippen LogP contribution in [0, 0.1) is 0 Å².